The molecule has 7 heteroatoms. The third kappa shape index (κ3) is 2.78. The standard InChI is InChI=1S/C11H15N3O2S2/c12-11(17)9-3-4-13-7-10(9)14-6-8-2-1-5-18(8,15)16/h3-4,7-8,14H,1-2,5-6H2,(H2,12,17). The van der Waals surface area contributed by atoms with Crippen LogP contribution in [0.5, 0.6) is 0 Å². The molecule has 98 valence electrons. The molecule has 0 aromatic carbocycles. The molecule has 2 heterocycles. The molecule has 0 bridgehead atoms. The quantitative estimate of drug-likeness (QED) is 0.792. The first kappa shape index (κ1) is 13.2. The average molecular weight is 285 g/mol. The van der Waals surface area contributed by atoms with Gasteiger partial charge >= 0.3 is 0 Å². The van der Waals surface area contributed by atoms with Crippen LogP contribution in [0, 0.1) is 0 Å². The first-order chi connectivity index (χ1) is 8.50. The van der Waals surface area contributed by atoms with E-state index in [2.05, 4.69) is 10.3 Å². The van der Waals surface area contributed by atoms with Crippen LogP contribution in [0.1, 0.15) is 18.4 Å². The number of sulfone groups is 1. The van der Waals surface area contributed by atoms with E-state index in [0.29, 0.717) is 24.2 Å². The second-order valence-electron chi connectivity index (χ2n) is 4.30. The molecule has 0 radical (unpaired) electrons. The summed E-state index contributed by atoms with van der Waals surface area (Å²) in [7, 11) is -2.94. The van der Waals surface area contributed by atoms with Crippen LogP contribution >= 0.6 is 12.2 Å². The Kier molecular flexibility index (Phi) is 3.82. The third-order valence-corrected chi connectivity index (χ3v) is 5.57. The zero-order valence-corrected chi connectivity index (χ0v) is 11.4. The molecule has 1 atom stereocenters. The van der Waals surface area contributed by atoms with Gasteiger partial charge in [0.25, 0.3) is 0 Å². The summed E-state index contributed by atoms with van der Waals surface area (Å²) >= 11 is 4.94. The summed E-state index contributed by atoms with van der Waals surface area (Å²) in [5, 5.41) is 2.76. The second kappa shape index (κ2) is 5.19. The van der Waals surface area contributed by atoms with E-state index in [0.717, 1.165) is 6.42 Å². The van der Waals surface area contributed by atoms with E-state index in [1.54, 1.807) is 18.5 Å². The van der Waals surface area contributed by atoms with E-state index in [1.165, 1.54) is 0 Å². The largest absolute Gasteiger partial charge is 0.389 e. The minimum Gasteiger partial charge on any atom is -0.389 e. The topological polar surface area (TPSA) is 85.1 Å². The number of rotatable bonds is 4. The molecule has 1 fully saturated rings. The molecular weight excluding hydrogens is 270 g/mol. The van der Waals surface area contributed by atoms with Gasteiger partial charge in [0.1, 0.15) is 4.99 Å². The fourth-order valence-corrected chi connectivity index (χ4v) is 4.00. The minimum atomic E-state index is -2.94. The Morgan fingerprint density at radius 1 is 1.61 bits per heavy atom. The number of nitrogens with two attached hydrogens (primary N) is 1. The highest BCUT2D eigenvalue weighted by molar-refractivity contribution is 7.92. The zero-order chi connectivity index (χ0) is 13.2. The van der Waals surface area contributed by atoms with Gasteiger partial charge in [0.2, 0.25) is 0 Å². The Balaban J connectivity index is 2.09. The van der Waals surface area contributed by atoms with Crippen molar-refractivity contribution >= 4 is 32.7 Å². The fourth-order valence-electron chi connectivity index (χ4n) is 2.06. The molecule has 1 aromatic heterocycles. The number of nitrogens with zero attached hydrogens (tertiary/aromatic N) is 1. The lowest BCUT2D eigenvalue weighted by Gasteiger charge is -2.14. The number of aromatic nitrogens is 1. The molecule has 1 saturated heterocycles. The molecule has 0 aliphatic carbocycles. The van der Waals surface area contributed by atoms with Crippen LogP contribution in [-0.4, -0.2) is 35.9 Å². The van der Waals surface area contributed by atoms with Crippen molar-refractivity contribution in [2.45, 2.75) is 18.1 Å². The number of pyridine rings is 1. The predicted octanol–water partition coefficient (Wildman–Crippen LogP) is 0.705. The summed E-state index contributed by atoms with van der Waals surface area (Å²) in [6.45, 7) is 0.379. The maximum absolute atomic E-state index is 11.7. The Morgan fingerprint density at radius 2 is 2.39 bits per heavy atom. The SMILES string of the molecule is NC(=S)c1ccncc1NCC1CCCS1(=O)=O. The first-order valence-corrected chi connectivity index (χ1v) is 7.82. The van der Waals surface area contributed by atoms with Gasteiger partial charge in [-0.05, 0) is 18.9 Å². The highest BCUT2D eigenvalue weighted by atomic mass is 32.2. The molecule has 1 unspecified atom stereocenters. The van der Waals surface area contributed by atoms with E-state index in [4.69, 9.17) is 18.0 Å². The Hall–Kier alpha value is -1.21. The van der Waals surface area contributed by atoms with Crippen molar-refractivity contribution in [3.05, 3.63) is 24.0 Å². The first-order valence-electron chi connectivity index (χ1n) is 5.70. The molecule has 1 aliphatic heterocycles. The summed E-state index contributed by atoms with van der Waals surface area (Å²) in [6.07, 6.45) is 4.66. The van der Waals surface area contributed by atoms with Crippen LogP contribution in [0.2, 0.25) is 0 Å². The molecule has 0 saturated carbocycles. The smallest absolute Gasteiger partial charge is 0.154 e. The van der Waals surface area contributed by atoms with Crippen LogP contribution in [0.4, 0.5) is 5.69 Å². The Labute approximate surface area is 112 Å². The van der Waals surface area contributed by atoms with Gasteiger partial charge < -0.3 is 11.1 Å². The van der Waals surface area contributed by atoms with Crippen molar-refractivity contribution in [3.63, 3.8) is 0 Å². The van der Waals surface area contributed by atoms with E-state index in [9.17, 15) is 8.42 Å². The van der Waals surface area contributed by atoms with Crippen molar-refractivity contribution < 1.29 is 8.42 Å². The van der Waals surface area contributed by atoms with Crippen molar-refractivity contribution in [1.29, 1.82) is 0 Å². The fraction of sp³-hybridized carbons (Fsp3) is 0.455. The minimum absolute atomic E-state index is 0.272. The molecule has 3 N–H and O–H groups in total. The van der Waals surface area contributed by atoms with Crippen LogP contribution in [-0.2, 0) is 9.84 Å². The van der Waals surface area contributed by atoms with E-state index in [1.807, 2.05) is 0 Å². The summed E-state index contributed by atoms with van der Waals surface area (Å²) in [4.78, 5) is 4.25. The Morgan fingerprint density at radius 3 is 3.00 bits per heavy atom. The van der Waals surface area contributed by atoms with Gasteiger partial charge in [-0.2, -0.15) is 0 Å². The lowest BCUT2D eigenvalue weighted by molar-refractivity contribution is 0.591. The predicted molar refractivity (Wildman–Crippen MR) is 75.4 cm³/mol. The molecule has 1 aromatic rings. The van der Waals surface area contributed by atoms with E-state index >= 15 is 0 Å². The number of anilines is 1. The number of thiocarbonyl (C=S) groups is 1. The second-order valence-corrected chi connectivity index (χ2v) is 7.14. The van der Waals surface area contributed by atoms with Gasteiger partial charge in [-0.3, -0.25) is 4.98 Å². The molecule has 0 amide bonds. The molecule has 2 rings (SSSR count). The molecule has 5 nitrogen and oxygen atoms in total. The van der Waals surface area contributed by atoms with E-state index < -0.39 is 9.84 Å². The lowest BCUT2D eigenvalue weighted by Crippen LogP contribution is -2.26. The zero-order valence-electron chi connectivity index (χ0n) is 9.80. The van der Waals surface area contributed by atoms with Crippen molar-refractivity contribution in [2.24, 2.45) is 5.73 Å². The van der Waals surface area contributed by atoms with Gasteiger partial charge in [0.05, 0.1) is 22.9 Å². The number of nitrogens with one attached hydrogen (secondary N) is 1. The van der Waals surface area contributed by atoms with Gasteiger partial charge in [-0.25, -0.2) is 8.42 Å². The van der Waals surface area contributed by atoms with Gasteiger partial charge in [-0.1, -0.05) is 12.2 Å². The normalized spacial score (nSPS) is 21.7. The highest BCUT2D eigenvalue weighted by Gasteiger charge is 2.30. The van der Waals surface area contributed by atoms with Crippen molar-refractivity contribution in [2.75, 3.05) is 17.6 Å². The molecule has 0 spiro atoms. The van der Waals surface area contributed by atoms with Crippen LogP contribution < -0.4 is 11.1 Å². The summed E-state index contributed by atoms with van der Waals surface area (Å²) in [6, 6.07) is 1.72. The number of hydrogen-bond acceptors (Lipinski definition) is 5. The molecule has 1 aliphatic rings. The van der Waals surface area contributed by atoms with Gasteiger partial charge in [-0.15, -0.1) is 0 Å². The summed E-state index contributed by atoms with van der Waals surface area (Å²) in [5.74, 6) is 0.286. The monoisotopic (exact) mass is 285 g/mol. The summed E-state index contributed by atoms with van der Waals surface area (Å²) < 4.78 is 23.4. The van der Waals surface area contributed by atoms with Crippen LogP contribution in [0.25, 0.3) is 0 Å². The summed E-state index contributed by atoms with van der Waals surface area (Å²) in [5.41, 5.74) is 6.97. The van der Waals surface area contributed by atoms with Gasteiger partial charge in [0, 0.05) is 18.3 Å². The molecular formula is C11H15N3O2S2. The average Bonchev–Trinajstić information content (AvgIpc) is 2.66. The Bertz CT molecular complexity index is 557. The molecule has 18 heavy (non-hydrogen) atoms. The maximum atomic E-state index is 11.7. The number of hydrogen-bond donors (Lipinski definition) is 2. The van der Waals surface area contributed by atoms with Crippen molar-refractivity contribution in [3.8, 4) is 0 Å². The van der Waals surface area contributed by atoms with Gasteiger partial charge in [0.15, 0.2) is 9.84 Å². The van der Waals surface area contributed by atoms with Crippen molar-refractivity contribution in [1.82, 2.24) is 4.98 Å². The van der Waals surface area contributed by atoms with E-state index in [-0.39, 0.29) is 16.0 Å². The maximum Gasteiger partial charge on any atom is 0.154 e. The van der Waals surface area contributed by atoms with Crippen LogP contribution in [0.15, 0.2) is 18.5 Å². The highest BCUT2D eigenvalue weighted by Crippen LogP contribution is 2.21. The third-order valence-electron chi connectivity index (χ3n) is 3.07. The lowest BCUT2D eigenvalue weighted by atomic mass is 10.2. The van der Waals surface area contributed by atoms with Crippen LogP contribution in [0.3, 0.4) is 0 Å².